The minimum absolute atomic E-state index is 0.00699. The van der Waals surface area contributed by atoms with Crippen LogP contribution in [0.2, 0.25) is 0 Å². The van der Waals surface area contributed by atoms with Crippen molar-refractivity contribution in [2.75, 3.05) is 0 Å². The Morgan fingerprint density at radius 3 is 3.00 bits per heavy atom. The summed E-state index contributed by atoms with van der Waals surface area (Å²) in [4.78, 5) is 26.6. The van der Waals surface area contributed by atoms with Crippen molar-refractivity contribution in [3.05, 3.63) is 28.9 Å². The highest BCUT2D eigenvalue weighted by molar-refractivity contribution is 5.79. The van der Waals surface area contributed by atoms with Gasteiger partial charge in [-0.25, -0.2) is 9.78 Å². The third kappa shape index (κ3) is 1.98. The number of carbonyl (C=O) groups is 1. The molecule has 1 aliphatic rings. The number of hydrogen-bond donors (Lipinski definition) is 0. The normalized spacial score (nSPS) is 26.6. The zero-order valence-electron chi connectivity index (χ0n) is 8.72. The van der Waals surface area contributed by atoms with Crippen LogP contribution in [0.25, 0.3) is 0 Å². The molecule has 4 nitrogen and oxygen atoms in total. The minimum atomic E-state index is -0.260. The van der Waals surface area contributed by atoms with Gasteiger partial charge in [0.2, 0.25) is 0 Å². The lowest BCUT2D eigenvalue weighted by Crippen LogP contribution is -2.33. The molecule has 2 rings (SSSR count). The van der Waals surface area contributed by atoms with E-state index in [1.54, 1.807) is 16.8 Å². The second kappa shape index (κ2) is 3.96. The van der Waals surface area contributed by atoms with Gasteiger partial charge < -0.3 is 0 Å². The van der Waals surface area contributed by atoms with Crippen molar-refractivity contribution < 1.29 is 4.79 Å². The van der Waals surface area contributed by atoms with Crippen LogP contribution in [0.5, 0.6) is 0 Å². The molecule has 1 aliphatic carbocycles. The van der Waals surface area contributed by atoms with Gasteiger partial charge in [-0.1, -0.05) is 6.92 Å². The first-order valence-corrected chi connectivity index (χ1v) is 5.23. The van der Waals surface area contributed by atoms with E-state index in [0.29, 0.717) is 18.8 Å². The predicted molar refractivity (Wildman–Crippen MR) is 55.6 cm³/mol. The molecular weight excluding hydrogens is 192 g/mol. The number of rotatable bonds is 1. The van der Waals surface area contributed by atoms with Crippen LogP contribution >= 0.6 is 0 Å². The summed E-state index contributed by atoms with van der Waals surface area (Å²) < 4.78 is 1.59. The van der Waals surface area contributed by atoms with Gasteiger partial charge >= 0.3 is 5.69 Å². The minimum Gasteiger partial charge on any atom is -0.300 e. The summed E-state index contributed by atoms with van der Waals surface area (Å²) in [7, 11) is 0. The molecule has 0 N–H and O–H groups in total. The summed E-state index contributed by atoms with van der Waals surface area (Å²) in [5, 5.41) is 0. The number of nitrogens with zero attached hydrogens (tertiary/aromatic N) is 2. The van der Waals surface area contributed by atoms with Crippen LogP contribution in [-0.4, -0.2) is 15.3 Å². The maximum atomic E-state index is 11.5. The molecule has 1 fully saturated rings. The summed E-state index contributed by atoms with van der Waals surface area (Å²) in [6.07, 6.45) is 5.17. The summed E-state index contributed by atoms with van der Waals surface area (Å²) in [6.45, 7) is 2.08. The van der Waals surface area contributed by atoms with Crippen molar-refractivity contribution in [1.82, 2.24) is 9.55 Å². The molecule has 0 amide bonds. The fourth-order valence-corrected chi connectivity index (χ4v) is 2.11. The van der Waals surface area contributed by atoms with Gasteiger partial charge in [0, 0.05) is 31.3 Å². The number of ketones is 1. The van der Waals surface area contributed by atoms with Crippen LogP contribution in [0, 0.1) is 5.92 Å². The third-order valence-corrected chi connectivity index (χ3v) is 3.07. The second-order valence-corrected chi connectivity index (χ2v) is 4.14. The average molecular weight is 206 g/mol. The van der Waals surface area contributed by atoms with Crippen molar-refractivity contribution in [1.29, 1.82) is 0 Å². The third-order valence-electron chi connectivity index (χ3n) is 3.07. The van der Waals surface area contributed by atoms with E-state index in [0.717, 1.165) is 6.42 Å². The SMILES string of the molecule is CC1CCC(=O)CC1n1cccnc1=O. The van der Waals surface area contributed by atoms with E-state index in [-0.39, 0.29) is 17.5 Å². The fourth-order valence-electron chi connectivity index (χ4n) is 2.11. The quantitative estimate of drug-likeness (QED) is 0.693. The molecule has 2 unspecified atom stereocenters. The number of carbonyl (C=O) groups excluding carboxylic acids is 1. The lowest BCUT2D eigenvalue weighted by atomic mass is 9.85. The second-order valence-electron chi connectivity index (χ2n) is 4.14. The van der Waals surface area contributed by atoms with E-state index < -0.39 is 0 Å². The highest BCUT2D eigenvalue weighted by Crippen LogP contribution is 2.30. The van der Waals surface area contributed by atoms with Crippen molar-refractivity contribution in [3.8, 4) is 0 Å². The molecule has 0 saturated heterocycles. The summed E-state index contributed by atoms with van der Waals surface area (Å²) >= 11 is 0. The zero-order valence-corrected chi connectivity index (χ0v) is 8.72. The van der Waals surface area contributed by atoms with Gasteiger partial charge in [0.25, 0.3) is 0 Å². The average Bonchev–Trinajstić information content (AvgIpc) is 2.23. The Morgan fingerprint density at radius 2 is 2.27 bits per heavy atom. The Balaban J connectivity index is 2.33. The predicted octanol–water partition coefficient (Wildman–Crippen LogP) is 1.17. The van der Waals surface area contributed by atoms with E-state index >= 15 is 0 Å². The molecular formula is C11H14N2O2. The van der Waals surface area contributed by atoms with Crippen molar-refractivity contribution in [2.24, 2.45) is 5.92 Å². The van der Waals surface area contributed by atoms with Gasteiger partial charge in [0.1, 0.15) is 5.78 Å². The van der Waals surface area contributed by atoms with Gasteiger partial charge in [-0.3, -0.25) is 9.36 Å². The monoisotopic (exact) mass is 206 g/mol. The van der Waals surface area contributed by atoms with Crippen LogP contribution in [0.1, 0.15) is 32.2 Å². The first kappa shape index (κ1) is 10.1. The van der Waals surface area contributed by atoms with E-state index in [2.05, 4.69) is 11.9 Å². The molecule has 0 spiro atoms. The molecule has 0 aliphatic heterocycles. The Hall–Kier alpha value is -1.45. The Labute approximate surface area is 88.0 Å². The maximum absolute atomic E-state index is 11.5. The maximum Gasteiger partial charge on any atom is 0.347 e. The first-order valence-electron chi connectivity index (χ1n) is 5.23. The lowest BCUT2D eigenvalue weighted by Gasteiger charge is -2.28. The van der Waals surface area contributed by atoms with Gasteiger partial charge in [0.05, 0.1) is 0 Å². The van der Waals surface area contributed by atoms with Gasteiger partial charge in [-0.05, 0) is 18.4 Å². The molecule has 1 aromatic rings. The molecule has 1 heterocycles. The van der Waals surface area contributed by atoms with Gasteiger partial charge in [0.15, 0.2) is 0 Å². The lowest BCUT2D eigenvalue weighted by molar-refractivity contribution is -0.122. The Bertz CT molecular complexity index is 425. The molecule has 1 saturated carbocycles. The molecule has 2 atom stereocenters. The Kier molecular flexibility index (Phi) is 2.66. The van der Waals surface area contributed by atoms with E-state index in [1.807, 2.05) is 0 Å². The highest BCUT2D eigenvalue weighted by Gasteiger charge is 2.27. The molecule has 1 aromatic heterocycles. The topological polar surface area (TPSA) is 52.0 Å². The molecule has 80 valence electrons. The fraction of sp³-hybridized carbons (Fsp3) is 0.545. The van der Waals surface area contributed by atoms with Crippen LogP contribution in [0.15, 0.2) is 23.3 Å². The van der Waals surface area contributed by atoms with E-state index in [4.69, 9.17) is 0 Å². The molecule has 4 heteroatoms. The Morgan fingerprint density at radius 1 is 1.47 bits per heavy atom. The largest absolute Gasteiger partial charge is 0.347 e. The smallest absolute Gasteiger partial charge is 0.300 e. The van der Waals surface area contributed by atoms with Crippen LogP contribution < -0.4 is 5.69 Å². The summed E-state index contributed by atoms with van der Waals surface area (Å²) in [5.74, 6) is 0.610. The van der Waals surface area contributed by atoms with Crippen LogP contribution in [-0.2, 0) is 4.79 Å². The standard InChI is InChI=1S/C11H14N2O2/c1-8-3-4-9(14)7-10(8)13-6-2-5-12-11(13)15/h2,5-6,8,10H,3-4,7H2,1H3. The first-order chi connectivity index (χ1) is 7.18. The number of aromatic nitrogens is 2. The molecule has 0 radical (unpaired) electrons. The summed E-state index contributed by atoms with van der Waals surface area (Å²) in [5.41, 5.74) is -0.260. The molecule has 0 bridgehead atoms. The van der Waals surface area contributed by atoms with Gasteiger partial charge in [-0.15, -0.1) is 0 Å². The van der Waals surface area contributed by atoms with Crippen molar-refractivity contribution >= 4 is 5.78 Å². The highest BCUT2D eigenvalue weighted by atomic mass is 16.1. The van der Waals surface area contributed by atoms with Gasteiger partial charge in [-0.2, -0.15) is 0 Å². The summed E-state index contributed by atoms with van der Waals surface area (Å²) in [6, 6.07) is 1.72. The number of hydrogen-bond acceptors (Lipinski definition) is 3. The van der Waals surface area contributed by atoms with Crippen molar-refractivity contribution in [2.45, 2.75) is 32.2 Å². The number of Topliss-reactive ketones (excluding diaryl/α,β-unsaturated/α-hetero) is 1. The van der Waals surface area contributed by atoms with Crippen LogP contribution in [0.4, 0.5) is 0 Å². The molecule has 0 aromatic carbocycles. The van der Waals surface area contributed by atoms with E-state index in [9.17, 15) is 9.59 Å². The molecule has 15 heavy (non-hydrogen) atoms. The van der Waals surface area contributed by atoms with Crippen molar-refractivity contribution in [3.63, 3.8) is 0 Å². The zero-order chi connectivity index (χ0) is 10.8. The van der Waals surface area contributed by atoms with Crippen LogP contribution in [0.3, 0.4) is 0 Å². The van der Waals surface area contributed by atoms with E-state index in [1.165, 1.54) is 6.20 Å².